The molecule has 92 valence electrons. The lowest BCUT2D eigenvalue weighted by Gasteiger charge is -2.31. The van der Waals surface area contributed by atoms with Crippen LogP contribution in [0.25, 0.3) is 0 Å². The number of hydrogen-bond acceptors (Lipinski definition) is 1. The zero-order chi connectivity index (χ0) is 11.4. The first kappa shape index (κ1) is 12.2. The van der Waals surface area contributed by atoms with Gasteiger partial charge in [-0.3, -0.25) is 0 Å². The molecule has 3 atom stereocenters. The zero-order valence-electron chi connectivity index (χ0n) is 11.0. The normalized spacial score (nSPS) is 32.5. The van der Waals surface area contributed by atoms with E-state index in [0.717, 1.165) is 18.4 Å². The SMILES string of the molecule is CCNC(C1=CCCCC1)C1CCCC1C. The fourth-order valence-corrected chi connectivity index (χ4v) is 3.59. The van der Waals surface area contributed by atoms with Crippen molar-refractivity contribution in [3.8, 4) is 0 Å². The topological polar surface area (TPSA) is 12.0 Å². The Labute approximate surface area is 101 Å². The van der Waals surface area contributed by atoms with Gasteiger partial charge in [-0.2, -0.15) is 0 Å². The molecule has 0 amide bonds. The van der Waals surface area contributed by atoms with Crippen molar-refractivity contribution >= 4 is 0 Å². The highest BCUT2D eigenvalue weighted by Gasteiger charge is 2.32. The summed E-state index contributed by atoms with van der Waals surface area (Å²) in [6.45, 7) is 5.81. The van der Waals surface area contributed by atoms with Crippen molar-refractivity contribution in [1.82, 2.24) is 5.32 Å². The van der Waals surface area contributed by atoms with E-state index in [1.807, 2.05) is 0 Å². The van der Waals surface area contributed by atoms with Crippen LogP contribution in [0, 0.1) is 11.8 Å². The summed E-state index contributed by atoms with van der Waals surface area (Å²) < 4.78 is 0. The van der Waals surface area contributed by atoms with Crippen LogP contribution in [0.1, 0.15) is 58.8 Å². The summed E-state index contributed by atoms with van der Waals surface area (Å²) in [7, 11) is 0. The molecule has 1 fully saturated rings. The van der Waals surface area contributed by atoms with E-state index < -0.39 is 0 Å². The molecule has 0 bridgehead atoms. The third kappa shape index (κ3) is 2.68. The maximum absolute atomic E-state index is 3.76. The van der Waals surface area contributed by atoms with E-state index in [4.69, 9.17) is 0 Å². The number of allylic oxidation sites excluding steroid dienone is 1. The minimum Gasteiger partial charge on any atom is -0.310 e. The number of nitrogens with one attached hydrogen (secondary N) is 1. The fourth-order valence-electron chi connectivity index (χ4n) is 3.59. The largest absolute Gasteiger partial charge is 0.310 e. The quantitative estimate of drug-likeness (QED) is 0.710. The Kier molecular flexibility index (Phi) is 4.45. The van der Waals surface area contributed by atoms with E-state index >= 15 is 0 Å². The lowest BCUT2D eigenvalue weighted by Crippen LogP contribution is -2.39. The lowest BCUT2D eigenvalue weighted by atomic mass is 9.82. The predicted molar refractivity (Wildman–Crippen MR) is 70.5 cm³/mol. The molecule has 0 radical (unpaired) electrons. The summed E-state index contributed by atoms with van der Waals surface area (Å²) in [6.07, 6.45) is 12.3. The molecule has 2 aliphatic rings. The van der Waals surface area contributed by atoms with Gasteiger partial charge in [0.15, 0.2) is 0 Å². The Morgan fingerprint density at radius 2 is 2.19 bits per heavy atom. The van der Waals surface area contributed by atoms with Gasteiger partial charge in [0.1, 0.15) is 0 Å². The molecular formula is C15H27N. The Morgan fingerprint density at radius 1 is 1.31 bits per heavy atom. The summed E-state index contributed by atoms with van der Waals surface area (Å²) in [6, 6.07) is 0.697. The van der Waals surface area contributed by atoms with Crippen LogP contribution in [0.15, 0.2) is 11.6 Å². The molecule has 0 spiro atoms. The molecule has 2 aliphatic carbocycles. The Morgan fingerprint density at radius 3 is 2.75 bits per heavy atom. The molecule has 0 aromatic heterocycles. The van der Waals surface area contributed by atoms with Crippen molar-refractivity contribution in [2.45, 2.75) is 64.8 Å². The Hall–Kier alpha value is -0.300. The second kappa shape index (κ2) is 5.86. The number of rotatable bonds is 4. The van der Waals surface area contributed by atoms with Crippen molar-refractivity contribution in [1.29, 1.82) is 0 Å². The van der Waals surface area contributed by atoms with Crippen LogP contribution >= 0.6 is 0 Å². The van der Waals surface area contributed by atoms with E-state index in [1.54, 1.807) is 5.57 Å². The molecular weight excluding hydrogens is 194 g/mol. The summed E-state index contributed by atoms with van der Waals surface area (Å²) in [5.41, 5.74) is 1.73. The van der Waals surface area contributed by atoms with Crippen LogP contribution in [0.5, 0.6) is 0 Å². The summed E-state index contributed by atoms with van der Waals surface area (Å²) in [5, 5.41) is 3.76. The van der Waals surface area contributed by atoms with E-state index in [-0.39, 0.29) is 0 Å². The van der Waals surface area contributed by atoms with Gasteiger partial charge in [-0.05, 0) is 50.5 Å². The second-order valence-corrected chi connectivity index (χ2v) is 5.63. The number of likely N-dealkylation sites (N-methyl/N-ethyl adjacent to an activating group) is 1. The maximum Gasteiger partial charge on any atom is 0.0310 e. The van der Waals surface area contributed by atoms with Gasteiger partial charge in [-0.1, -0.05) is 38.3 Å². The smallest absolute Gasteiger partial charge is 0.0310 e. The molecule has 16 heavy (non-hydrogen) atoms. The molecule has 1 saturated carbocycles. The first-order chi connectivity index (χ1) is 7.83. The van der Waals surface area contributed by atoms with Crippen LogP contribution in [0.4, 0.5) is 0 Å². The highest BCUT2D eigenvalue weighted by Crippen LogP contribution is 2.37. The van der Waals surface area contributed by atoms with E-state index in [1.165, 1.54) is 44.9 Å². The monoisotopic (exact) mass is 221 g/mol. The van der Waals surface area contributed by atoms with Gasteiger partial charge in [0.05, 0.1) is 0 Å². The molecule has 0 saturated heterocycles. The van der Waals surface area contributed by atoms with Crippen LogP contribution < -0.4 is 5.32 Å². The fraction of sp³-hybridized carbons (Fsp3) is 0.867. The molecule has 0 aromatic carbocycles. The van der Waals surface area contributed by atoms with Gasteiger partial charge in [-0.25, -0.2) is 0 Å². The highest BCUT2D eigenvalue weighted by atomic mass is 14.9. The van der Waals surface area contributed by atoms with Crippen molar-refractivity contribution < 1.29 is 0 Å². The summed E-state index contributed by atoms with van der Waals surface area (Å²) in [4.78, 5) is 0. The third-order valence-electron chi connectivity index (χ3n) is 4.51. The molecule has 3 unspecified atom stereocenters. The van der Waals surface area contributed by atoms with E-state index in [2.05, 4.69) is 25.2 Å². The number of hydrogen-bond donors (Lipinski definition) is 1. The maximum atomic E-state index is 3.76. The first-order valence-corrected chi connectivity index (χ1v) is 7.25. The van der Waals surface area contributed by atoms with Gasteiger partial charge in [0.25, 0.3) is 0 Å². The van der Waals surface area contributed by atoms with Crippen LogP contribution in [0.3, 0.4) is 0 Å². The van der Waals surface area contributed by atoms with Gasteiger partial charge >= 0.3 is 0 Å². The van der Waals surface area contributed by atoms with Gasteiger partial charge in [-0.15, -0.1) is 0 Å². The van der Waals surface area contributed by atoms with Crippen LogP contribution in [-0.4, -0.2) is 12.6 Å². The molecule has 2 rings (SSSR count). The van der Waals surface area contributed by atoms with E-state index in [9.17, 15) is 0 Å². The van der Waals surface area contributed by atoms with Crippen molar-refractivity contribution in [2.24, 2.45) is 11.8 Å². The minimum absolute atomic E-state index is 0.697. The van der Waals surface area contributed by atoms with Gasteiger partial charge < -0.3 is 5.32 Å². The molecule has 1 N–H and O–H groups in total. The first-order valence-electron chi connectivity index (χ1n) is 7.25. The molecule has 0 aromatic rings. The van der Waals surface area contributed by atoms with Gasteiger partial charge in [0.2, 0.25) is 0 Å². The molecule has 1 nitrogen and oxygen atoms in total. The molecule has 0 aliphatic heterocycles. The summed E-state index contributed by atoms with van der Waals surface area (Å²) in [5.74, 6) is 1.83. The summed E-state index contributed by atoms with van der Waals surface area (Å²) >= 11 is 0. The van der Waals surface area contributed by atoms with Crippen LogP contribution in [0.2, 0.25) is 0 Å². The van der Waals surface area contributed by atoms with Gasteiger partial charge in [0, 0.05) is 6.04 Å². The Balaban J connectivity index is 2.06. The minimum atomic E-state index is 0.697. The van der Waals surface area contributed by atoms with Crippen LogP contribution in [-0.2, 0) is 0 Å². The van der Waals surface area contributed by atoms with E-state index in [0.29, 0.717) is 6.04 Å². The van der Waals surface area contributed by atoms with Crippen molar-refractivity contribution in [2.75, 3.05) is 6.54 Å². The standard InChI is InChI=1S/C15H27N/c1-3-16-15(13-9-5-4-6-10-13)14-11-7-8-12(14)2/h9,12,14-16H,3-8,10-11H2,1-2H3. The predicted octanol–water partition coefficient (Wildman–Crippen LogP) is 3.90. The molecule has 1 heteroatoms. The third-order valence-corrected chi connectivity index (χ3v) is 4.51. The van der Waals surface area contributed by atoms with Crippen molar-refractivity contribution in [3.05, 3.63) is 11.6 Å². The van der Waals surface area contributed by atoms with Crippen molar-refractivity contribution in [3.63, 3.8) is 0 Å². The molecule has 0 heterocycles. The zero-order valence-corrected chi connectivity index (χ0v) is 11.0. The average Bonchev–Trinajstić information content (AvgIpc) is 2.73. The average molecular weight is 221 g/mol. The second-order valence-electron chi connectivity index (χ2n) is 5.63. The Bertz CT molecular complexity index is 244. The lowest BCUT2D eigenvalue weighted by molar-refractivity contribution is 0.322. The highest BCUT2D eigenvalue weighted by molar-refractivity contribution is 5.15.